The molecule has 1 fully saturated rings. The van der Waals surface area contributed by atoms with E-state index in [1.54, 1.807) is 0 Å². The number of aromatic nitrogens is 2. The summed E-state index contributed by atoms with van der Waals surface area (Å²) in [6.45, 7) is -1.48. The first-order chi connectivity index (χ1) is 14.5. The molecule has 1 aromatic heterocycles. The number of halogens is 5. The van der Waals surface area contributed by atoms with E-state index in [1.807, 2.05) is 0 Å². The van der Waals surface area contributed by atoms with Crippen molar-refractivity contribution in [2.75, 3.05) is 24.1 Å². The molecule has 166 valence electrons. The molecule has 1 aromatic carbocycles. The maximum absolute atomic E-state index is 14.9. The van der Waals surface area contributed by atoms with Gasteiger partial charge in [-0.05, 0) is 25.0 Å². The first-order valence-electron chi connectivity index (χ1n) is 9.16. The van der Waals surface area contributed by atoms with E-state index in [0.717, 1.165) is 6.20 Å². The Bertz CT molecular complexity index is 1070. The Hall–Kier alpha value is -3.02. The minimum Gasteiger partial charge on any atom is -0.436 e. The molecule has 0 aliphatic carbocycles. The van der Waals surface area contributed by atoms with Crippen LogP contribution in [-0.2, 0) is 16.9 Å². The molecule has 2 aliphatic rings. The number of ether oxygens (including phenoxy) is 1. The van der Waals surface area contributed by atoms with Gasteiger partial charge in [0.1, 0.15) is 17.9 Å². The van der Waals surface area contributed by atoms with Crippen molar-refractivity contribution in [2.24, 2.45) is 0 Å². The maximum atomic E-state index is 14.9. The maximum Gasteiger partial charge on any atom is 0.412 e. The number of benzene rings is 1. The molecule has 8 nitrogen and oxygen atoms in total. The fourth-order valence-electron chi connectivity index (χ4n) is 3.97. The summed E-state index contributed by atoms with van der Waals surface area (Å²) in [6, 6.07) is 2.72. The number of nitrogen functional groups attached to an aromatic ring is 1. The summed E-state index contributed by atoms with van der Waals surface area (Å²) in [4.78, 5) is 26.4. The number of carbonyl (C=O) groups is 2. The summed E-state index contributed by atoms with van der Waals surface area (Å²) in [5.74, 6) is -1.94. The number of anilines is 2. The van der Waals surface area contributed by atoms with Crippen LogP contribution in [0.2, 0.25) is 5.02 Å². The standard InChI is InChI=1S/C18H16ClF4N5O3/c19-10-2-3-11-12(13(10)20)17(31-16(30)26-11)4-1-5-27(7-17)15(29)9-6-25-28(14(9)24)8-18(21,22)23/h2-3,6H,1,4-5,7-8,24H2,(H,26,30)/t17-/m0/s1. The highest BCUT2D eigenvalue weighted by molar-refractivity contribution is 6.31. The number of likely N-dealkylation sites (tertiary alicyclic amines) is 1. The normalized spacial score (nSPS) is 20.9. The largest absolute Gasteiger partial charge is 0.436 e. The van der Waals surface area contributed by atoms with E-state index >= 15 is 0 Å². The summed E-state index contributed by atoms with van der Waals surface area (Å²) < 4.78 is 58.8. The molecule has 2 aliphatic heterocycles. The van der Waals surface area contributed by atoms with Gasteiger partial charge in [0.05, 0.1) is 29.0 Å². The van der Waals surface area contributed by atoms with Crippen molar-refractivity contribution in [3.8, 4) is 0 Å². The number of hydrogen-bond donors (Lipinski definition) is 2. The molecule has 4 rings (SSSR count). The van der Waals surface area contributed by atoms with Gasteiger partial charge in [-0.25, -0.2) is 13.9 Å². The molecule has 13 heteroatoms. The van der Waals surface area contributed by atoms with Crippen LogP contribution in [-0.4, -0.2) is 45.9 Å². The van der Waals surface area contributed by atoms with Crippen molar-refractivity contribution in [3.05, 3.63) is 40.3 Å². The van der Waals surface area contributed by atoms with Gasteiger partial charge in [0.15, 0.2) is 11.4 Å². The van der Waals surface area contributed by atoms with Crippen molar-refractivity contribution in [1.82, 2.24) is 14.7 Å². The summed E-state index contributed by atoms with van der Waals surface area (Å²) in [6.07, 6.45) is -3.89. The number of nitrogens with zero attached hydrogens (tertiary/aromatic N) is 3. The van der Waals surface area contributed by atoms with Gasteiger partial charge in [0.25, 0.3) is 5.91 Å². The zero-order valence-corrected chi connectivity index (χ0v) is 16.6. The number of piperidine rings is 1. The number of carbonyl (C=O) groups excluding carboxylic acids is 2. The van der Waals surface area contributed by atoms with E-state index < -0.39 is 42.0 Å². The van der Waals surface area contributed by atoms with Gasteiger partial charge in [-0.2, -0.15) is 18.3 Å². The Morgan fingerprint density at radius 3 is 2.84 bits per heavy atom. The van der Waals surface area contributed by atoms with Crippen molar-refractivity contribution < 1.29 is 31.9 Å². The van der Waals surface area contributed by atoms with Crippen LogP contribution in [0.15, 0.2) is 18.3 Å². The molecular formula is C18H16ClF4N5O3. The molecule has 1 saturated heterocycles. The minimum atomic E-state index is -4.57. The van der Waals surface area contributed by atoms with Gasteiger partial charge >= 0.3 is 12.3 Å². The number of rotatable bonds is 2. The molecule has 1 spiro atoms. The molecular weight excluding hydrogens is 446 g/mol. The quantitative estimate of drug-likeness (QED) is 0.666. The van der Waals surface area contributed by atoms with Crippen molar-refractivity contribution in [1.29, 1.82) is 0 Å². The van der Waals surface area contributed by atoms with E-state index in [9.17, 15) is 27.2 Å². The van der Waals surface area contributed by atoms with Crippen LogP contribution in [0.25, 0.3) is 0 Å². The first kappa shape index (κ1) is 21.2. The third-order valence-corrected chi connectivity index (χ3v) is 5.55. The highest BCUT2D eigenvalue weighted by Gasteiger charge is 2.49. The second-order valence-electron chi connectivity index (χ2n) is 7.34. The van der Waals surface area contributed by atoms with Crippen LogP contribution < -0.4 is 11.1 Å². The Morgan fingerprint density at radius 1 is 1.39 bits per heavy atom. The lowest BCUT2D eigenvalue weighted by molar-refractivity contribution is -0.142. The monoisotopic (exact) mass is 461 g/mol. The summed E-state index contributed by atoms with van der Waals surface area (Å²) in [7, 11) is 0. The third-order valence-electron chi connectivity index (χ3n) is 5.26. The fraction of sp³-hybridized carbons (Fsp3) is 0.389. The van der Waals surface area contributed by atoms with Crippen LogP contribution in [0.4, 0.5) is 33.9 Å². The van der Waals surface area contributed by atoms with Gasteiger partial charge in [0, 0.05) is 6.54 Å². The number of nitrogens with one attached hydrogen (secondary N) is 1. The lowest BCUT2D eigenvalue weighted by Crippen LogP contribution is -2.53. The summed E-state index contributed by atoms with van der Waals surface area (Å²) in [5, 5.41) is 5.77. The van der Waals surface area contributed by atoms with Gasteiger partial charge in [-0.1, -0.05) is 11.6 Å². The highest BCUT2D eigenvalue weighted by atomic mass is 35.5. The second-order valence-corrected chi connectivity index (χ2v) is 7.75. The molecule has 1 atom stereocenters. The van der Waals surface area contributed by atoms with E-state index in [4.69, 9.17) is 22.1 Å². The Labute approximate surface area is 177 Å². The molecule has 0 bridgehead atoms. The van der Waals surface area contributed by atoms with Gasteiger partial charge in [-0.3, -0.25) is 10.1 Å². The number of hydrogen-bond acceptors (Lipinski definition) is 5. The van der Waals surface area contributed by atoms with Gasteiger partial charge in [0.2, 0.25) is 0 Å². The summed E-state index contributed by atoms with van der Waals surface area (Å²) in [5.41, 5.74) is 4.16. The Morgan fingerprint density at radius 2 is 2.13 bits per heavy atom. The van der Waals surface area contributed by atoms with Crippen molar-refractivity contribution in [2.45, 2.75) is 31.2 Å². The van der Waals surface area contributed by atoms with Crippen LogP contribution >= 0.6 is 11.6 Å². The fourth-order valence-corrected chi connectivity index (χ4v) is 4.13. The summed E-state index contributed by atoms with van der Waals surface area (Å²) >= 11 is 5.91. The molecule has 0 saturated carbocycles. The lowest BCUT2D eigenvalue weighted by Gasteiger charge is -2.45. The van der Waals surface area contributed by atoms with Gasteiger partial charge in [-0.15, -0.1) is 0 Å². The molecule has 2 aromatic rings. The van der Waals surface area contributed by atoms with Crippen LogP contribution in [0.3, 0.4) is 0 Å². The zero-order valence-electron chi connectivity index (χ0n) is 15.8. The van der Waals surface area contributed by atoms with E-state index in [1.165, 1.54) is 17.0 Å². The number of amides is 2. The van der Waals surface area contributed by atoms with Gasteiger partial charge < -0.3 is 15.4 Å². The average Bonchev–Trinajstić information content (AvgIpc) is 3.02. The Kier molecular flexibility index (Phi) is 4.99. The predicted molar refractivity (Wildman–Crippen MR) is 101 cm³/mol. The second kappa shape index (κ2) is 7.29. The van der Waals surface area contributed by atoms with E-state index in [2.05, 4.69) is 10.4 Å². The van der Waals surface area contributed by atoms with E-state index in [-0.39, 0.29) is 41.3 Å². The third kappa shape index (κ3) is 3.75. The SMILES string of the molecule is Nc1c(C(=O)N2CCC[C@@]3(C2)OC(=O)Nc2ccc(Cl)c(F)c23)cnn1CC(F)(F)F. The number of nitrogens with two attached hydrogens (primary N) is 1. The van der Waals surface area contributed by atoms with Crippen molar-refractivity contribution >= 4 is 35.1 Å². The molecule has 0 radical (unpaired) electrons. The molecule has 3 N–H and O–H groups in total. The van der Waals surface area contributed by atoms with Crippen molar-refractivity contribution in [3.63, 3.8) is 0 Å². The zero-order chi connectivity index (χ0) is 22.6. The minimum absolute atomic E-state index is 0.0119. The van der Waals surface area contributed by atoms with Crippen LogP contribution in [0.1, 0.15) is 28.8 Å². The van der Waals surface area contributed by atoms with Crippen LogP contribution in [0.5, 0.6) is 0 Å². The number of fused-ring (bicyclic) bond motifs is 2. The molecule has 0 unspecified atom stereocenters. The number of alkyl halides is 3. The molecule has 2 amide bonds. The predicted octanol–water partition coefficient (Wildman–Crippen LogP) is 3.51. The highest BCUT2D eigenvalue weighted by Crippen LogP contribution is 2.45. The smallest absolute Gasteiger partial charge is 0.412 e. The van der Waals surface area contributed by atoms with Crippen LogP contribution in [0, 0.1) is 5.82 Å². The molecule has 31 heavy (non-hydrogen) atoms. The van der Waals surface area contributed by atoms with E-state index in [0.29, 0.717) is 11.1 Å². The first-order valence-corrected chi connectivity index (χ1v) is 9.54. The Balaban J connectivity index is 1.67. The lowest BCUT2D eigenvalue weighted by atomic mass is 9.83. The average molecular weight is 462 g/mol. The molecule has 3 heterocycles. The topological polar surface area (TPSA) is 102 Å².